The summed E-state index contributed by atoms with van der Waals surface area (Å²) in [4.78, 5) is 11.7. The van der Waals surface area contributed by atoms with E-state index in [-0.39, 0.29) is 70.4 Å². The van der Waals surface area contributed by atoms with Gasteiger partial charge in [0, 0.05) is 60.5 Å². The summed E-state index contributed by atoms with van der Waals surface area (Å²) in [5.74, 6) is 0.354. The molecule has 2 rings (SSSR count). The van der Waals surface area contributed by atoms with Gasteiger partial charge >= 0.3 is 0 Å². The van der Waals surface area contributed by atoms with Gasteiger partial charge in [0.05, 0.1) is 4.90 Å². The molecule has 13 heteroatoms. The molecule has 0 aliphatic heterocycles. The second-order valence-corrected chi connectivity index (χ2v) is 6.39. The fourth-order valence-corrected chi connectivity index (χ4v) is 2.73. The Kier molecular flexibility index (Phi) is 8.83. The monoisotopic (exact) mass is 514 g/mol. The number of halogens is 1. The number of hydroxylamine groups is 1. The molecular formula is C12H15CeClN6O4S. The van der Waals surface area contributed by atoms with Crippen molar-refractivity contribution in [3.05, 3.63) is 29.0 Å². The fourth-order valence-electron chi connectivity index (χ4n) is 1.86. The Morgan fingerprint density at radius 1 is 1.16 bits per heavy atom. The van der Waals surface area contributed by atoms with Crippen molar-refractivity contribution < 1.29 is 59.9 Å². The summed E-state index contributed by atoms with van der Waals surface area (Å²) in [7, 11) is -4.28. The number of benzene rings is 1. The first-order valence-corrected chi connectivity index (χ1v) is 8.49. The Balaban J connectivity index is 0.00000312. The molecule has 134 valence electrons. The molecule has 1 heterocycles. The molecule has 0 aliphatic carbocycles. The van der Waals surface area contributed by atoms with Crippen LogP contribution in [-0.2, 0) is 10.1 Å². The zero-order chi connectivity index (χ0) is 17.7. The van der Waals surface area contributed by atoms with Gasteiger partial charge in [-0.1, -0.05) is 0 Å². The van der Waals surface area contributed by atoms with E-state index < -0.39 is 10.1 Å². The Labute approximate surface area is 182 Å². The van der Waals surface area contributed by atoms with Gasteiger partial charge in [-0.2, -0.15) is 23.4 Å². The molecule has 0 aliphatic rings. The van der Waals surface area contributed by atoms with Gasteiger partial charge in [-0.05, 0) is 42.3 Å². The van der Waals surface area contributed by atoms with Crippen LogP contribution < -0.4 is 16.1 Å². The Morgan fingerprint density at radius 2 is 1.84 bits per heavy atom. The van der Waals surface area contributed by atoms with Gasteiger partial charge in [0.1, 0.15) is 0 Å². The van der Waals surface area contributed by atoms with Crippen LogP contribution >= 0.6 is 11.6 Å². The first-order chi connectivity index (χ1) is 11.3. The number of nitrogens with zero attached hydrogens (tertiary/aromatic N) is 3. The van der Waals surface area contributed by atoms with Crippen molar-refractivity contribution >= 4 is 39.3 Å². The van der Waals surface area contributed by atoms with E-state index in [0.29, 0.717) is 17.8 Å². The topological polar surface area (TPSA) is 149 Å². The SMILES string of the molecule is Cc1cc(Nc2nc(Cl)nc(NCCNO)n2)ccc1S(=O)(=O)O.[Ce]. The van der Waals surface area contributed by atoms with Crippen molar-refractivity contribution in [2.45, 2.75) is 11.8 Å². The van der Waals surface area contributed by atoms with Crippen LogP contribution in [0.3, 0.4) is 0 Å². The third-order valence-electron chi connectivity index (χ3n) is 2.84. The number of rotatable bonds is 7. The molecule has 0 saturated carbocycles. The third-order valence-corrected chi connectivity index (χ3v) is 4.02. The van der Waals surface area contributed by atoms with Gasteiger partial charge in [0.25, 0.3) is 10.1 Å². The molecule has 5 N–H and O–H groups in total. The molecule has 0 radical (unpaired) electrons. The van der Waals surface area contributed by atoms with E-state index in [9.17, 15) is 8.42 Å². The van der Waals surface area contributed by atoms with Gasteiger partial charge in [0.2, 0.25) is 17.2 Å². The Hall–Kier alpha value is -0.673. The first-order valence-electron chi connectivity index (χ1n) is 6.67. The standard InChI is InChI=1S/C12H15ClN6O4S.Ce/c1-7-6-8(2-3-9(7)24(21,22)23)16-12-18-10(13)17-11(19-12)14-4-5-15-20;/h2-3,6,15,20H,4-5H2,1H3,(H,21,22,23)(H2,14,16,17,18,19);. The van der Waals surface area contributed by atoms with Crippen molar-refractivity contribution in [2.75, 3.05) is 23.7 Å². The number of aromatic nitrogens is 3. The summed E-state index contributed by atoms with van der Waals surface area (Å²) < 4.78 is 31.5. The number of hydrogen-bond donors (Lipinski definition) is 5. The zero-order valence-electron chi connectivity index (χ0n) is 13.0. The van der Waals surface area contributed by atoms with Crippen molar-refractivity contribution in [2.24, 2.45) is 0 Å². The van der Waals surface area contributed by atoms with Gasteiger partial charge in [-0.15, -0.1) is 0 Å². The number of anilines is 3. The summed E-state index contributed by atoms with van der Waals surface area (Å²) in [6, 6.07) is 4.24. The maximum absolute atomic E-state index is 11.2. The number of nitrogens with one attached hydrogen (secondary N) is 3. The minimum absolute atomic E-state index is 0. The van der Waals surface area contributed by atoms with Gasteiger partial charge in [-0.25, -0.2) is 5.48 Å². The maximum atomic E-state index is 11.2. The maximum Gasteiger partial charge on any atom is 0.294 e. The van der Waals surface area contributed by atoms with Crippen molar-refractivity contribution in [3.63, 3.8) is 0 Å². The molecular weight excluding hydrogens is 500 g/mol. The van der Waals surface area contributed by atoms with E-state index in [1.807, 2.05) is 5.48 Å². The molecule has 0 unspecified atom stereocenters. The van der Waals surface area contributed by atoms with E-state index >= 15 is 0 Å². The quantitative estimate of drug-likeness (QED) is 0.207. The van der Waals surface area contributed by atoms with Crippen molar-refractivity contribution in [3.8, 4) is 0 Å². The number of hydrogen-bond acceptors (Lipinski definition) is 9. The largest absolute Gasteiger partial charge is 0.353 e. The van der Waals surface area contributed by atoms with Gasteiger partial charge in [-0.3, -0.25) is 4.55 Å². The summed E-state index contributed by atoms with van der Waals surface area (Å²) >= 11 is 5.83. The van der Waals surface area contributed by atoms with Crippen LogP contribution in [0, 0.1) is 48.7 Å². The van der Waals surface area contributed by atoms with Gasteiger partial charge in [0.15, 0.2) is 0 Å². The molecule has 0 spiro atoms. The molecule has 25 heavy (non-hydrogen) atoms. The van der Waals surface area contributed by atoms with E-state index in [1.165, 1.54) is 18.2 Å². The van der Waals surface area contributed by atoms with E-state index in [0.717, 1.165) is 0 Å². The van der Waals surface area contributed by atoms with Crippen molar-refractivity contribution in [1.82, 2.24) is 20.4 Å². The molecule has 10 nitrogen and oxygen atoms in total. The molecule has 0 saturated heterocycles. The summed E-state index contributed by atoms with van der Waals surface area (Å²) in [6.07, 6.45) is 0. The van der Waals surface area contributed by atoms with Crippen LogP contribution in [-0.4, -0.2) is 46.2 Å². The summed E-state index contributed by atoms with van der Waals surface area (Å²) in [5.41, 5.74) is 2.84. The van der Waals surface area contributed by atoms with Crippen LogP contribution in [0.25, 0.3) is 0 Å². The minimum Gasteiger partial charge on any atom is -0.353 e. The summed E-state index contributed by atoms with van der Waals surface area (Å²) in [5, 5.41) is 14.2. The molecule has 0 atom stereocenters. The van der Waals surface area contributed by atoms with E-state index in [4.69, 9.17) is 21.4 Å². The smallest absolute Gasteiger partial charge is 0.294 e. The number of aryl methyl sites for hydroxylation is 1. The Bertz CT molecular complexity index is 838. The van der Waals surface area contributed by atoms with Crippen LogP contribution in [0.4, 0.5) is 17.6 Å². The van der Waals surface area contributed by atoms with Crippen LogP contribution in [0.1, 0.15) is 5.56 Å². The third kappa shape index (κ3) is 6.86. The second kappa shape index (κ2) is 9.87. The van der Waals surface area contributed by atoms with E-state index in [1.54, 1.807) is 6.92 Å². The molecule has 0 fully saturated rings. The van der Waals surface area contributed by atoms with Crippen LogP contribution in [0.2, 0.25) is 5.28 Å². The van der Waals surface area contributed by atoms with E-state index in [2.05, 4.69) is 25.6 Å². The normalized spacial score (nSPS) is 10.9. The molecule has 1 aromatic carbocycles. The predicted molar refractivity (Wildman–Crippen MR) is 87.4 cm³/mol. The predicted octanol–water partition coefficient (Wildman–Crippen LogP) is 1.21. The minimum atomic E-state index is -4.28. The zero-order valence-corrected chi connectivity index (χ0v) is 17.7. The first kappa shape index (κ1) is 22.4. The Morgan fingerprint density at radius 3 is 2.44 bits per heavy atom. The molecule has 1 aromatic heterocycles. The molecule has 0 bridgehead atoms. The summed E-state index contributed by atoms with van der Waals surface area (Å²) in [6.45, 7) is 2.18. The molecule has 2 aromatic rings. The van der Waals surface area contributed by atoms with Crippen molar-refractivity contribution in [1.29, 1.82) is 0 Å². The van der Waals surface area contributed by atoms with Crippen LogP contribution in [0.5, 0.6) is 0 Å². The second-order valence-electron chi connectivity index (χ2n) is 4.67. The van der Waals surface area contributed by atoms with Gasteiger partial charge < -0.3 is 15.8 Å². The molecule has 0 amide bonds. The van der Waals surface area contributed by atoms with Crippen LogP contribution in [0.15, 0.2) is 23.1 Å². The average molecular weight is 515 g/mol. The fraction of sp³-hybridized carbons (Fsp3) is 0.250. The average Bonchev–Trinajstić information content (AvgIpc) is 2.45.